The van der Waals surface area contributed by atoms with Gasteiger partial charge in [0.25, 0.3) is 10.2 Å². The molecule has 2 saturated heterocycles. The number of carbonyl (C=O) groups excluding carboxylic acids is 2. The summed E-state index contributed by atoms with van der Waals surface area (Å²) in [5.74, 6) is 0. The summed E-state index contributed by atoms with van der Waals surface area (Å²) in [7, 11) is 0. The zero-order chi connectivity index (χ0) is 15.9. The maximum atomic E-state index is 12.1. The third-order valence-corrected chi connectivity index (χ3v) is 10.9. The van der Waals surface area contributed by atoms with Crippen molar-refractivity contribution in [2.45, 2.75) is 8.16 Å². The van der Waals surface area contributed by atoms with Gasteiger partial charge >= 0.3 is 0 Å². The van der Waals surface area contributed by atoms with Gasteiger partial charge in [-0.15, -0.1) is 23.5 Å². The van der Waals surface area contributed by atoms with Gasteiger partial charge in [-0.05, 0) is 34.7 Å². The molecule has 2 heterocycles. The van der Waals surface area contributed by atoms with Crippen LogP contribution in [0.1, 0.15) is 11.1 Å². The summed E-state index contributed by atoms with van der Waals surface area (Å²) in [5.41, 5.74) is 2.28. The van der Waals surface area contributed by atoms with E-state index < -0.39 is 8.16 Å². The highest BCUT2D eigenvalue weighted by Crippen LogP contribution is 2.74. The van der Waals surface area contributed by atoms with Gasteiger partial charge in [-0.2, -0.15) is 0 Å². The topological polar surface area (TPSA) is 34.1 Å². The molecule has 0 N–H and O–H groups in total. The van der Waals surface area contributed by atoms with Crippen LogP contribution in [0.2, 0.25) is 0 Å². The maximum Gasteiger partial charge on any atom is 0.268 e. The summed E-state index contributed by atoms with van der Waals surface area (Å²) < 4.78 is -0.953. The molecule has 1 spiro atoms. The predicted octanol–water partition coefficient (Wildman–Crippen LogP) is 4.55. The SMILES string of the molecule is O=C1SC2(SCSC2(c2ccccc2)c2ccccc2)SC1=O. The van der Waals surface area contributed by atoms with E-state index in [1.54, 1.807) is 11.8 Å². The molecule has 116 valence electrons. The highest BCUT2D eigenvalue weighted by molar-refractivity contribution is 8.51. The molecule has 4 rings (SSSR count). The van der Waals surface area contributed by atoms with E-state index in [9.17, 15) is 9.59 Å². The lowest BCUT2D eigenvalue weighted by molar-refractivity contribution is -0.126. The van der Waals surface area contributed by atoms with Gasteiger partial charge < -0.3 is 0 Å². The number of thioether (sulfide) groups is 4. The Hall–Kier alpha value is -0.820. The quantitative estimate of drug-likeness (QED) is 0.715. The molecule has 2 aliphatic rings. The van der Waals surface area contributed by atoms with Gasteiger partial charge in [-0.1, -0.05) is 60.7 Å². The molecule has 2 nitrogen and oxygen atoms in total. The van der Waals surface area contributed by atoms with Crippen LogP contribution < -0.4 is 0 Å². The second-order valence-electron chi connectivity index (χ2n) is 5.15. The second-order valence-corrected chi connectivity index (χ2v) is 11.0. The van der Waals surface area contributed by atoms with Crippen LogP contribution in [-0.4, -0.2) is 18.7 Å². The smallest absolute Gasteiger partial charge is 0.268 e. The van der Waals surface area contributed by atoms with Crippen molar-refractivity contribution in [1.82, 2.24) is 0 Å². The first-order chi connectivity index (χ1) is 11.2. The van der Waals surface area contributed by atoms with E-state index >= 15 is 0 Å². The van der Waals surface area contributed by atoms with Gasteiger partial charge in [0.05, 0.1) is 0 Å². The zero-order valence-electron chi connectivity index (χ0n) is 11.9. The number of carbonyl (C=O) groups is 2. The Kier molecular flexibility index (Phi) is 4.04. The number of benzene rings is 2. The van der Waals surface area contributed by atoms with Gasteiger partial charge in [0.1, 0.15) is 8.16 Å². The van der Waals surface area contributed by atoms with E-state index in [4.69, 9.17) is 0 Å². The predicted molar refractivity (Wildman–Crippen MR) is 102 cm³/mol. The number of rotatable bonds is 2. The van der Waals surface area contributed by atoms with Crippen molar-refractivity contribution in [1.29, 1.82) is 0 Å². The van der Waals surface area contributed by atoms with E-state index in [2.05, 4.69) is 24.3 Å². The van der Waals surface area contributed by atoms with Gasteiger partial charge in [0, 0.05) is 5.08 Å². The minimum Gasteiger partial charge on any atom is -0.277 e. The fourth-order valence-electron chi connectivity index (χ4n) is 2.97. The Bertz CT molecular complexity index is 705. The molecule has 0 saturated carbocycles. The van der Waals surface area contributed by atoms with E-state index in [1.165, 1.54) is 23.5 Å². The third kappa shape index (κ3) is 2.30. The second kappa shape index (κ2) is 5.92. The van der Waals surface area contributed by atoms with Gasteiger partial charge in [-0.25, -0.2) is 0 Å². The highest BCUT2D eigenvalue weighted by atomic mass is 32.3. The molecule has 0 aliphatic carbocycles. The normalized spacial score (nSPS) is 21.9. The van der Waals surface area contributed by atoms with Crippen molar-refractivity contribution in [3.05, 3.63) is 71.8 Å². The largest absolute Gasteiger partial charge is 0.277 e. The summed E-state index contributed by atoms with van der Waals surface area (Å²) in [4.78, 5) is 24.1. The summed E-state index contributed by atoms with van der Waals surface area (Å²) in [6, 6.07) is 20.5. The van der Waals surface area contributed by atoms with Crippen molar-refractivity contribution in [2.75, 3.05) is 5.08 Å². The van der Waals surface area contributed by atoms with Crippen LogP contribution in [0.15, 0.2) is 60.7 Å². The van der Waals surface area contributed by atoms with Crippen LogP contribution in [-0.2, 0) is 14.3 Å². The minimum atomic E-state index is -0.533. The van der Waals surface area contributed by atoms with Crippen molar-refractivity contribution in [3.63, 3.8) is 0 Å². The van der Waals surface area contributed by atoms with Crippen molar-refractivity contribution >= 4 is 57.3 Å². The average molecular weight is 377 g/mol. The van der Waals surface area contributed by atoms with E-state index in [-0.39, 0.29) is 10.2 Å². The first-order valence-corrected chi connectivity index (χ1v) is 10.6. The highest BCUT2D eigenvalue weighted by Gasteiger charge is 2.65. The van der Waals surface area contributed by atoms with Gasteiger partial charge in [0.15, 0.2) is 0 Å². The van der Waals surface area contributed by atoms with Crippen LogP contribution in [0.3, 0.4) is 0 Å². The van der Waals surface area contributed by atoms with Crippen LogP contribution >= 0.6 is 47.0 Å². The van der Waals surface area contributed by atoms with Crippen molar-refractivity contribution < 1.29 is 9.59 Å². The lowest BCUT2D eigenvalue weighted by atomic mass is 9.91. The van der Waals surface area contributed by atoms with E-state index in [1.807, 2.05) is 48.2 Å². The van der Waals surface area contributed by atoms with Gasteiger partial charge in [0.2, 0.25) is 0 Å². The molecule has 2 aromatic carbocycles. The van der Waals surface area contributed by atoms with Crippen LogP contribution in [0.4, 0.5) is 0 Å². The summed E-state index contributed by atoms with van der Waals surface area (Å²) in [6.45, 7) is 0. The summed E-state index contributed by atoms with van der Waals surface area (Å²) >= 11 is 5.91. The molecule has 0 atom stereocenters. The van der Waals surface area contributed by atoms with Crippen LogP contribution in [0, 0.1) is 0 Å². The fraction of sp³-hybridized carbons (Fsp3) is 0.176. The minimum absolute atomic E-state index is 0.332. The van der Waals surface area contributed by atoms with Crippen molar-refractivity contribution in [3.8, 4) is 0 Å². The molecule has 2 aliphatic heterocycles. The molecular formula is C17H12O2S4. The Morgan fingerprint density at radius 2 is 1.17 bits per heavy atom. The zero-order valence-corrected chi connectivity index (χ0v) is 15.2. The molecule has 2 aromatic rings. The Morgan fingerprint density at radius 3 is 1.65 bits per heavy atom. The third-order valence-electron chi connectivity index (χ3n) is 3.94. The van der Waals surface area contributed by atoms with Gasteiger partial charge in [-0.3, -0.25) is 9.59 Å². The summed E-state index contributed by atoms with van der Waals surface area (Å²) in [5, 5.41) is 0.187. The molecular weight excluding hydrogens is 364 g/mol. The monoisotopic (exact) mass is 376 g/mol. The molecule has 0 aromatic heterocycles. The number of hydrogen-bond donors (Lipinski definition) is 0. The summed E-state index contributed by atoms with van der Waals surface area (Å²) in [6.07, 6.45) is 0. The molecule has 6 heteroatoms. The van der Waals surface area contributed by atoms with Crippen LogP contribution in [0.5, 0.6) is 0 Å². The Morgan fingerprint density at radius 1 is 0.696 bits per heavy atom. The first kappa shape index (κ1) is 15.7. The standard InChI is InChI=1S/C17H12O2S4/c18-14-15(19)23-17(22-14)16(20-11-21-17,12-7-3-1-4-8-12)13-9-5-2-6-10-13/h1-10H,11H2. The van der Waals surface area contributed by atoms with E-state index in [0.717, 1.165) is 16.2 Å². The van der Waals surface area contributed by atoms with Crippen LogP contribution in [0.25, 0.3) is 0 Å². The maximum absolute atomic E-state index is 12.1. The number of hydrogen-bond acceptors (Lipinski definition) is 6. The molecule has 0 unspecified atom stereocenters. The molecule has 0 amide bonds. The lowest BCUT2D eigenvalue weighted by Crippen LogP contribution is -2.38. The Balaban J connectivity index is 1.97. The first-order valence-electron chi connectivity index (χ1n) is 7.03. The molecule has 2 fully saturated rings. The average Bonchev–Trinajstić information content (AvgIpc) is 3.09. The van der Waals surface area contributed by atoms with Crippen molar-refractivity contribution in [2.24, 2.45) is 0 Å². The Labute approximate surface area is 151 Å². The van der Waals surface area contributed by atoms with E-state index in [0.29, 0.717) is 0 Å². The fourth-order valence-corrected chi connectivity index (χ4v) is 10.8. The molecule has 0 radical (unpaired) electrons. The molecule has 0 bridgehead atoms. The molecule has 23 heavy (non-hydrogen) atoms. The lowest BCUT2D eigenvalue weighted by Gasteiger charge is -2.40.